The van der Waals surface area contributed by atoms with E-state index in [0.717, 1.165) is 67.3 Å². The van der Waals surface area contributed by atoms with Crippen molar-refractivity contribution in [3.63, 3.8) is 0 Å². The molecule has 0 radical (unpaired) electrons. The van der Waals surface area contributed by atoms with Gasteiger partial charge < -0.3 is 5.73 Å². The zero-order valence-corrected chi connectivity index (χ0v) is 24.8. The number of aryl methyl sites for hydroxylation is 1. The zero-order chi connectivity index (χ0) is 28.0. The third-order valence-electron chi connectivity index (χ3n) is 6.88. The molecule has 13 heteroatoms. The summed E-state index contributed by atoms with van der Waals surface area (Å²) in [7, 11) is -3.64. The van der Waals surface area contributed by atoms with Gasteiger partial charge >= 0.3 is 0 Å². The molecule has 4 heterocycles. The first-order chi connectivity index (χ1) is 19.4. The van der Waals surface area contributed by atoms with Gasteiger partial charge in [0.1, 0.15) is 4.21 Å². The molecule has 4 aromatic rings. The van der Waals surface area contributed by atoms with Crippen molar-refractivity contribution in [3.05, 3.63) is 53.2 Å². The molecule has 40 heavy (non-hydrogen) atoms. The van der Waals surface area contributed by atoms with Crippen molar-refractivity contribution in [3.8, 4) is 0 Å². The summed E-state index contributed by atoms with van der Waals surface area (Å²) in [4.78, 5) is 20.0. The minimum atomic E-state index is -3.64. The predicted molar refractivity (Wildman–Crippen MR) is 162 cm³/mol. The van der Waals surface area contributed by atoms with Gasteiger partial charge in [0.15, 0.2) is 10.8 Å². The number of anilines is 2. The molecule has 0 bridgehead atoms. The summed E-state index contributed by atoms with van der Waals surface area (Å²) in [6.07, 6.45) is 8.27. The van der Waals surface area contributed by atoms with E-state index >= 15 is 0 Å². The number of fused-ring (bicyclic) bond motifs is 2. The predicted octanol–water partition coefficient (Wildman–Crippen LogP) is 5.11. The second-order valence-electron chi connectivity index (χ2n) is 9.98. The third-order valence-corrected chi connectivity index (χ3v) is 10.6. The summed E-state index contributed by atoms with van der Waals surface area (Å²) in [5, 5.41) is 9.61. The second kappa shape index (κ2) is 13.2. The summed E-state index contributed by atoms with van der Waals surface area (Å²) in [5.74, 6) is -0.303. The van der Waals surface area contributed by atoms with E-state index in [0.29, 0.717) is 22.0 Å². The van der Waals surface area contributed by atoms with Crippen LogP contribution in [-0.2, 0) is 23.1 Å². The molecule has 1 aliphatic rings. The van der Waals surface area contributed by atoms with Crippen molar-refractivity contribution < 1.29 is 13.2 Å². The van der Waals surface area contributed by atoms with Crippen LogP contribution in [0.15, 0.2) is 46.0 Å². The molecule has 214 valence electrons. The standard InChI is InChI=1S/C27H35N7O3S3/c28-12-5-3-1-2-4-6-13-33-14-8-15-34-21(19-33)18-23(31-34)26(35)30-27-29-22-11-10-20(17-24(22)39-27)32-40(36,37)25-9-7-16-38-25/h7,9-11,16-18,32H,1-6,8,12-15,19,28H2,(H,29,30,35). The summed E-state index contributed by atoms with van der Waals surface area (Å²) in [6.45, 7) is 4.46. The molecular weight excluding hydrogens is 567 g/mol. The van der Waals surface area contributed by atoms with Gasteiger partial charge in [0, 0.05) is 19.6 Å². The van der Waals surface area contributed by atoms with Crippen LogP contribution in [0.4, 0.5) is 10.8 Å². The molecule has 10 nitrogen and oxygen atoms in total. The Hall–Kier alpha value is -2.84. The van der Waals surface area contributed by atoms with Crippen LogP contribution >= 0.6 is 22.7 Å². The maximum Gasteiger partial charge on any atom is 0.277 e. The van der Waals surface area contributed by atoms with Crippen molar-refractivity contribution in [2.75, 3.05) is 29.7 Å². The smallest absolute Gasteiger partial charge is 0.277 e. The molecule has 1 aliphatic heterocycles. The van der Waals surface area contributed by atoms with Crippen LogP contribution in [-0.4, -0.2) is 53.6 Å². The number of thiazole rings is 1. The van der Waals surface area contributed by atoms with Gasteiger partial charge in [-0.15, -0.1) is 11.3 Å². The fraction of sp³-hybridized carbons (Fsp3) is 0.444. The lowest BCUT2D eigenvalue weighted by Gasteiger charge is -2.19. The van der Waals surface area contributed by atoms with Crippen LogP contribution < -0.4 is 15.8 Å². The first kappa shape index (κ1) is 28.7. The summed E-state index contributed by atoms with van der Waals surface area (Å²) in [5.41, 5.74) is 8.12. The van der Waals surface area contributed by atoms with Gasteiger partial charge in [-0.1, -0.05) is 43.1 Å². The molecule has 5 rings (SSSR count). The number of carbonyl (C=O) groups excluding carboxylic acids is 1. The molecule has 0 saturated heterocycles. The highest BCUT2D eigenvalue weighted by Gasteiger charge is 2.21. The number of benzene rings is 1. The molecule has 0 atom stereocenters. The molecule has 0 fully saturated rings. The Morgan fingerprint density at radius 3 is 2.67 bits per heavy atom. The number of nitrogens with two attached hydrogens (primary N) is 1. The summed E-state index contributed by atoms with van der Waals surface area (Å²) < 4.78 is 30.7. The summed E-state index contributed by atoms with van der Waals surface area (Å²) >= 11 is 2.45. The number of aromatic nitrogens is 3. The minimum absolute atomic E-state index is 0.250. The highest BCUT2D eigenvalue weighted by atomic mass is 32.2. The van der Waals surface area contributed by atoms with Gasteiger partial charge in [0.25, 0.3) is 15.9 Å². The monoisotopic (exact) mass is 601 g/mol. The molecule has 3 aromatic heterocycles. The topological polar surface area (TPSA) is 135 Å². The van der Waals surface area contributed by atoms with Crippen molar-refractivity contribution in [1.29, 1.82) is 0 Å². The maximum absolute atomic E-state index is 13.0. The molecule has 0 unspecified atom stereocenters. The van der Waals surface area contributed by atoms with Gasteiger partial charge in [-0.3, -0.25) is 24.4 Å². The lowest BCUT2D eigenvalue weighted by molar-refractivity contribution is 0.102. The number of amides is 1. The van der Waals surface area contributed by atoms with Crippen LogP contribution in [0, 0.1) is 0 Å². The molecular formula is C27H35N7O3S3. The van der Waals surface area contributed by atoms with Crippen LogP contribution in [0.3, 0.4) is 0 Å². The number of nitrogens with one attached hydrogen (secondary N) is 2. The first-order valence-electron chi connectivity index (χ1n) is 13.7. The van der Waals surface area contributed by atoms with Crippen molar-refractivity contribution in [2.45, 2.75) is 62.2 Å². The fourth-order valence-corrected chi connectivity index (χ4v) is 7.78. The van der Waals surface area contributed by atoms with E-state index in [4.69, 9.17) is 5.73 Å². The molecule has 4 N–H and O–H groups in total. The summed E-state index contributed by atoms with van der Waals surface area (Å²) in [6, 6.07) is 10.3. The van der Waals surface area contributed by atoms with E-state index in [1.165, 1.54) is 43.4 Å². The first-order valence-corrected chi connectivity index (χ1v) is 16.9. The number of unbranched alkanes of at least 4 members (excludes halogenated alkanes) is 5. The number of thiophene rings is 1. The van der Waals surface area contributed by atoms with E-state index < -0.39 is 10.0 Å². The van der Waals surface area contributed by atoms with Gasteiger partial charge in [0.05, 0.1) is 21.6 Å². The van der Waals surface area contributed by atoms with E-state index in [1.54, 1.807) is 35.7 Å². The SMILES string of the molecule is NCCCCCCCCN1CCCn2nc(C(=O)Nc3nc4ccc(NS(=O)(=O)c5cccs5)cc4s3)cc2C1. The van der Waals surface area contributed by atoms with Crippen LogP contribution in [0.5, 0.6) is 0 Å². The Balaban J connectivity index is 1.18. The number of sulfonamides is 1. The van der Waals surface area contributed by atoms with Gasteiger partial charge in [-0.05, 0) is 68.1 Å². The Morgan fingerprint density at radius 2 is 1.88 bits per heavy atom. The second-order valence-corrected chi connectivity index (χ2v) is 13.9. The fourth-order valence-electron chi connectivity index (χ4n) is 4.84. The Bertz CT molecular complexity index is 1530. The van der Waals surface area contributed by atoms with E-state index in [2.05, 4.69) is 25.0 Å². The number of hydrogen-bond acceptors (Lipinski definition) is 9. The molecule has 0 saturated carbocycles. The highest BCUT2D eigenvalue weighted by Crippen LogP contribution is 2.30. The Labute approximate surface area is 242 Å². The zero-order valence-electron chi connectivity index (χ0n) is 22.3. The van der Waals surface area contributed by atoms with Gasteiger partial charge in [0.2, 0.25) is 0 Å². The lowest BCUT2D eigenvalue weighted by atomic mass is 10.1. The Kier molecular flexibility index (Phi) is 9.48. The molecule has 0 aliphatic carbocycles. The highest BCUT2D eigenvalue weighted by molar-refractivity contribution is 7.94. The normalized spacial score (nSPS) is 14.2. The van der Waals surface area contributed by atoms with Crippen LogP contribution in [0.25, 0.3) is 10.2 Å². The lowest BCUT2D eigenvalue weighted by Crippen LogP contribution is -2.24. The largest absolute Gasteiger partial charge is 0.330 e. The number of hydrogen-bond donors (Lipinski definition) is 3. The van der Waals surface area contributed by atoms with Crippen LogP contribution in [0.1, 0.15) is 61.1 Å². The number of nitrogens with zero attached hydrogens (tertiary/aromatic N) is 4. The van der Waals surface area contributed by atoms with Crippen LogP contribution in [0.2, 0.25) is 0 Å². The number of rotatable bonds is 13. The molecule has 0 spiro atoms. The van der Waals surface area contributed by atoms with E-state index in [-0.39, 0.29) is 10.1 Å². The average molecular weight is 602 g/mol. The van der Waals surface area contributed by atoms with E-state index in [1.807, 2.05) is 10.7 Å². The quantitative estimate of drug-likeness (QED) is 0.181. The number of carbonyl (C=O) groups is 1. The van der Waals surface area contributed by atoms with E-state index in [9.17, 15) is 13.2 Å². The van der Waals surface area contributed by atoms with Gasteiger partial charge in [-0.25, -0.2) is 13.4 Å². The molecule has 1 aromatic carbocycles. The maximum atomic E-state index is 13.0. The third kappa shape index (κ3) is 7.26. The van der Waals surface area contributed by atoms with Crippen molar-refractivity contribution in [2.24, 2.45) is 5.73 Å². The van der Waals surface area contributed by atoms with Gasteiger partial charge in [-0.2, -0.15) is 5.10 Å². The Morgan fingerprint density at radius 1 is 1.05 bits per heavy atom. The van der Waals surface area contributed by atoms with Crippen molar-refractivity contribution in [1.82, 2.24) is 19.7 Å². The van der Waals surface area contributed by atoms with Crippen molar-refractivity contribution >= 4 is 59.6 Å². The average Bonchev–Trinajstić information content (AvgIpc) is 3.66. The molecule has 1 amide bonds. The minimum Gasteiger partial charge on any atom is -0.330 e.